The molecule has 1 aromatic carbocycles. The number of ether oxygens (including phenoxy) is 1. The second-order valence-electron chi connectivity index (χ2n) is 4.41. The van der Waals surface area contributed by atoms with Gasteiger partial charge >= 0.3 is 5.97 Å². The molecule has 0 fully saturated rings. The Morgan fingerprint density at radius 3 is 2.67 bits per heavy atom. The lowest BCUT2D eigenvalue weighted by molar-refractivity contribution is 0.0594. The van der Waals surface area contributed by atoms with E-state index in [2.05, 4.69) is 17.6 Å². The number of rotatable bonds is 3. The van der Waals surface area contributed by atoms with Gasteiger partial charge in [-0.15, -0.1) is 6.58 Å². The highest BCUT2D eigenvalue weighted by molar-refractivity contribution is 6.00. The Kier molecular flexibility index (Phi) is 3.24. The van der Waals surface area contributed by atoms with Crippen LogP contribution in [0, 0.1) is 13.8 Å². The Bertz CT molecular complexity index is 623. The Morgan fingerprint density at radius 2 is 2.06 bits per heavy atom. The summed E-state index contributed by atoms with van der Waals surface area (Å²) in [5.74, 6) is -0.332. The van der Waals surface area contributed by atoms with E-state index in [0.29, 0.717) is 12.1 Å². The van der Waals surface area contributed by atoms with Gasteiger partial charge in [0.2, 0.25) is 0 Å². The van der Waals surface area contributed by atoms with E-state index in [0.717, 1.165) is 27.6 Å². The molecule has 1 aromatic heterocycles. The summed E-state index contributed by atoms with van der Waals surface area (Å²) in [6, 6.07) is 4.12. The molecule has 0 spiro atoms. The third-order valence-corrected chi connectivity index (χ3v) is 3.21. The van der Waals surface area contributed by atoms with E-state index in [9.17, 15) is 4.79 Å². The van der Waals surface area contributed by atoms with Gasteiger partial charge in [0.15, 0.2) is 0 Å². The van der Waals surface area contributed by atoms with E-state index in [4.69, 9.17) is 4.74 Å². The van der Waals surface area contributed by atoms with Crippen LogP contribution in [0.4, 0.5) is 0 Å². The van der Waals surface area contributed by atoms with E-state index in [1.54, 1.807) is 6.08 Å². The largest absolute Gasteiger partial charge is 0.464 e. The Morgan fingerprint density at radius 1 is 1.39 bits per heavy atom. The molecule has 2 rings (SSSR count). The number of H-pyrrole nitrogens is 1. The fraction of sp³-hybridized carbons (Fsp3) is 0.267. The summed E-state index contributed by atoms with van der Waals surface area (Å²) in [7, 11) is 1.39. The summed E-state index contributed by atoms with van der Waals surface area (Å²) in [6.45, 7) is 7.82. The lowest BCUT2D eigenvalue weighted by atomic mass is 10.0. The molecule has 3 heteroatoms. The second kappa shape index (κ2) is 4.69. The molecule has 0 bridgehead atoms. The first-order chi connectivity index (χ1) is 8.60. The van der Waals surface area contributed by atoms with Crippen LogP contribution in [-0.4, -0.2) is 18.1 Å². The highest BCUT2D eigenvalue weighted by Crippen LogP contribution is 2.29. The summed E-state index contributed by atoms with van der Waals surface area (Å²) in [6.07, 6.45) is 2.45. The van der Waals surface area contributed by atoms with Gasteiger partial charge in [0, 0.05) is 10.9 Å². The third kappa shape index (κ3) is 1.82. The zero-order chi connectivity index (χ0) is 13.3. The molecule has 1 heterocycles. The molecule has 18 heavy (non-hydrogen) atoms. The standard InChI is InChI=1S/C15H17NO2/c1-5-6-11-12-9(2)7-8-10(3)13(12)16-14(11)15(17)18-4/h5,7-8,16H,1,6H2,2-4H3. The van der Waals surface area contributed by atoms with Crippen molar-refractivity contribution in [1.82, 2.24) is 4.98 Å². The molecule has 94 valence electrons. The summed E-state index contributed by atoms with van der Waals surface area (Å²) in [5.41, 5.74) is 4.78. The molecule has 0 saturated carbocycles. The summed E-state index contributed by atoms with van der Waals surface area (Å²) in [5, 5.41) is 1.11. The molecular formula is C15H17NO2. The fourth-order valence-electron chi connectivity index (χ4n) is 2.31. The number of carbonyl (C=O) groups excluding carboxylic acids is 1. The van der Waals surface area contributed by atoms with Crippen LogP contribution in [0.15, 0.2) is 24.8 Å². The fourth-order valence-corrected chi connectivity index (χ4v) is 2.31. The monoisotopic (exact) mass is 243 g/mol. The van der Waals surface area contributed by atoms with Crippen molar-refractivity contribution in [3.8, 4) is 0 Å². The molecule has 1 N–H and O–H groups in total. The summed E-state index contributed by atoms with van der Waals surface area (Å²) in [4.78, 5) is 15.0. The first-order valence-electron chi connectivity index (χ1n) is 5.90. The van der Waals surface area contributed by atoms with Crippen LogP contribution in [0.2, 0.25) is 0 Å². The van der Waals surface area contributed by atoms with Gasteiger partial charge in [-0.3, -0.25) is 0 Å². The average Bonchev–Trinajstić information content (AvgIpc) is 2.74. The molecular weight excluding hydrogens is 226 g/mol. The molecule has 0 aliphatic carbocycles. The number of hydrogen-bond acceptors (Lipinski definition) is 2. The molecule has 0 radical (unpaired) electrons. The maximum Gasteiger partial charge on any atom is 0.354 e. The Hall–Kier alpha value is -2.03. The van der Waals surface area contributed by atoms with Crippen LogP contribution in [0.5, 0.6) is 0 Å². The number of fused-ring (bicyclic) bond motifs is 1. The summed E-state index contributed by atoms with van der Waals surface area (Å²) < 4.78 is 4.83. The van der Waals surface area contributed by atoms with Crippen LogP contribution in [0.3, 0.4) is 0 Å². The minimum Gasteiger partial charge on any atom is -0.464 e. The zero-order valence-electron chi connectivity index (χ0n) is 11.0. The molecule has 2 aromatic rings. The number of benzene rings is 1. The van der Waals surface area contributed by atoms with Crippen LogP contribution < -0.4 is 0 Å². The minimum absolute atomic E-state index is 0.332. The van der Waals surface area contributed by atoms with Crippen LogP contribution in [0.1, 0.15) is 27.2 Å². The van der Waals surface area contributed by atoms with Crippen molar-refractivity contribution >= 4 is 16.9 Å². The number of hydrogen-bond donors (Lipinski definition) is 1. The molecule has 0 aliphatic heterocycles. The quantitative estimate of drug-likeness (QED) is 0.664. The van der Waals surface area contributed by atoms with Crippen LogP contribution in [-0.2, 0) is 11.2 Å². The average molecular weight is 243 g/mol. The van der Waals surface area contributed by atoms with Gasteiger partial charge in [0.25, 0.3) is 0 Å². The number of carbonyl (C=O) groups is 1. The lowest BCUT2D eigenvalue weighted by Crippen LogP contribution is -2.04. The number of nitrogens with one attached hydrogen (secondary N) is 1. The SMILES string of the molecule is C=CCc1c(C(=O)OC)[nH]c2c(C)ccc(C)c12. The topological polar surface area (TPSA) is 42.1 Å². The van der Waals surface area contributed by atoms with Gasteiger partial charge in [-0.1, -0.05) is 18.2 Å². The highest BCUT2D eigenvalue weighted by Gasteiger charge is 2.19. The zero-order valence-corrected chi connectivity index (χ0v) is 11.0. The van der Waals surface area contributed by atoms with Gasteiger partial charge in [-0.05, 0) is 37.0 Å². The van der Waals surface area contributed by atoms with Gasteiger partial charge < -0.3 is 9.72 Å². The molecule has 0 aliphatic rings. The first kappa shape index (κ1) is 12.4. The predicted octanol–water partition coefficient (Wildman–Crippen LogP) is 3.30. The van der Waals surface area contributed by atoms with Crippen LogP contribution >= 0.6 is 0 Å². The number of aryl methyl sites for hydroxylation is 2. The van der Waals surface area contributed by atoms with Crippen LogP contribution in [0.25, 0.3) is 10.9 Å². The van der Waals surface area contributed by atoms with Crippen molar-refractivity contribution in [2.24, 2.45) is 0 Å². The second-order valence-corrected chi connectivity index (χ2v) is 4.41. The predicted molar refractivity (Wildman–Crippen MR) is 73.0 cm³/mol. The minimum atomic E-state index is -0.332. The molecule has 3 nitrogen and oxygen atoms in total. The van der Waals surface area contributed by atoms with Crippen molar-refractivity contribution in [2.75, 3.05) is 7.11 Å². The summed E-state index contributed by atoms with van der Waals surface area (Å²) >= 11 is 0. The smallest absolute Gasteiger partial charge is 0.354 e. The van der Waals surface area contributed by atoms with E-state index in [1.807, 2.05) is 19.9 Å². The van der Waals surface area contributed by atoms with Gasteiger partial charge in [-0.2, -0.15) is 0 Å². The Balaban J connectivity index is 2.83. The molecule has 0 atom stereocenters. The molecule has 0 amide bonds. The third-order valence-electron chi connectivity index (χ3n) is 3.21. The lowest BCUT2D eigenvalue weighted by Gasteiger charge is -2.03. The molecule has 0 saturated heterocycles. The van der Waals surface area contributed by atoms with E-state index in [1.165, 1.54) is 7.11 Å². The highest BCUT2D eigenvalue weighted by atomic mass is 16.5. The maximum absolute atomic E-state index is 11.8. The Labute approximate surface area is 106 Å². The number of aromatic amines is 1. The van der Waals surface area contributed by atoms with E-state index >= 15 is 0 Å². The van der Waals surface area contributed by atoms with Crippen molar-refractivity contribution in [3.63, 3.8) is 0 Å². The van der Waals surface area contributed by atoms with E-state index in [-0.39, 0.29) is 5.97 Å². The maximum atomic E-state index is 11.8. The van der Waals surface area contributed by atoms with Gasteiger partial charge in [-0.25, -0.2) is 4.79 Å². The van der Waals surface area contributed by atoms with E-state index < -0.39 is 0 Å². The number of allylic oxidation sites excluding steroid dienone is 1. The number of methoxy groups -OCH3 is 1. The van der Waals surface area contributed by atoms with Crippen molar-refractivity contribution < 1.29 is 9.53 Å². The van der Waals surface area contributed by atoms with Crippen molar-refractivity contribution in [3.05, 3.63) is 47.2 Å². The number of esters is 1. The first-order valence-corrected chi connectivity index (χ1v) is 5.90. The number of aromatic nitrogens is 1. The molecule has 0 unspecified atom stereocenters. The van der Waals surface area contributed by atoms with Gasteiger partial charge in [0.05, 0.1) is 7.11 Å². The normalized spacial score (nSPS) is 10.6. The van der Waals surface area contributed by atoms with Gasteiger partial charge in [0.1, 0.15) is 5.69 Å². The van der Waals surface area contributed by atoms with Crippen molar-refractivity contribution in [2.45, 2.75) is 20.3 Å². The van der Waals surface area contributed by atoms with Crippen molar-refractivity contribution in [1.29, 1.82) is 0 Å².